The number of aromatic amines is 1. The first-order valence-electron chi connectivity index (χ1n) is 12.8. The zero-order valence-corrected chi connectivity index (χ0v) is 21.3. The van der Waals surface area contributed by atoms with Gasteiger partial charge in [0.15, 0.2) is 6.04 Å². The van der Waals surface area contributed by atoms with E-state index in [0.717, 1.165) is 31.2 Å². The van der Waals surface area contributed by atoms with Crippen molar-refractivity contribution in [2.75, 3.05) is 11.4 Å². The molecular weight excluding hydrogens is 442 g/mol. The van der Waals surface area contributed by atoms with Crippen molar-refractivity contribution >= 4 is 17.5 Å². The van der Waals surface area contributed by atoms with Crippen molar-refractivity contribution < 1.29 is 14.7 Å². The first kappa shape index (κ1) is 25.4. The fraction of sp³-hybridized carbons (Fsp3) is 0.593. The Morgan fingerprint density at radius 1 is 1.14 bits per heavy atom. The molecule has 35 heavy (non-hydrogen) atoms. The third-order valence-electron chi connectivity index (χ3n) is 7.25. The number of aromatic nitrogens is 2. The highest BCUT2D eigenvalue weighted by Gasteiger charge is 2.40. The maximum Gasteiger partial charge on any atom is 0.249 e. The SMILES string of the molecule is Cc1nc[nH]c1C(C(=O)NC1CCCCC1)N(C(=O)[C@H]1C[C@@H](O)CN1)c1ccc(C(C)(C)C)cc1. The van der Waals surface area contributed by atoms with Gasteiger partial charge in [0.2, 0.25) is 11.8 Å². The van der Waals surface area contributed by atoms with Crippen molar-refractivity contribution in [1.82, 2.24) is 20.6 Å². The highest BCUT2D eigenvalue weighted by molar-refractivity contribution is 6.03. The molecule has 3 atom stereocenters. The number of carbonyl (C=O) groups is 2. The molecule has 8 heteroatoms. The topological polar surface area (TPSA) is 110 Å². The number of aliphatic hydroxyl groups is 1. The molecule has 1 aliphatic carbocycles. The maximum atomic E-state index is 14.0. The van der Waals surface area contributed by atoms with E-state index >= 15 is 0 Å². The molecule has 0 spiro atoms. The number of anilines is 1. The minimum Gasteiger partial charge on any atom is -0.392 e. The number of amides is 2. The van der Waals surface area contributed by atoms with Crippen molar-refractivity contribution in [3.63, 3.8) is 0 Å². The van der Waals surface area contributed by atoms with Gasteiger partial charge in [-0.3, -0.25) is 14.5 Å². The summed E-state index contributed by atoms with van der Waals surface area (Å²) in [5, 5.41) is 16.4. The van der Waals surface area contributed by atoms with Crippen molar-refractivity contribution in [3.8, 4) is 0 Å². The van der Waals surface area contributed by atoms with Crippen LogP contribution in [-0.4, -0.2) is 51.6 Å². The Morgan fingerprint density at radius 3 is 2.37 bits per heavy atom. The maximum absolute atomic E-state index is 14.0. The molecule has 1 aromatic heterocycles. The van der Waals surface area contributed by atoms with Crippen molar-refractivity contribution in [2.45, 2.75) is 95.9 Å². The number of hydrogen-bond acceptors (Lipinski definition) is 5. The van der Waals surface area contributed by atoms with Gasteiger partial charge in [0.25, 0.3) is 0 Å². The number of β-amino-alcohol motifs (C(OH)–C–C–N with tert-alkyl or cyclic N) is 1. The Labute approximate surface area is 207 Å². The Balaban J connectivity index is 1.75. The van der Waals surface area contributed by atoms with Crippen LogP contribution >= 0.6 is 0 Å². The second-order valence-electron chi connectivity index (χ2n) is 11.0. The molecule has 1 aromatic carbocycles. The van der Waals surface area contributed by atoms with E-state index in [1.165, 1.54) is 6.42 Å². The second kappa shape index (κ2) is 10.5. The summed E-state index contributed by atoms with van der Waals surface area (Å²) in [6.45, 7) is 8.63. The van der Waals surface area contributed by atoms with E-state index in [1.807, 2.05) is 31.2 Å². The number of nitrogens with one attached hydrogen (secondary N) is 3. The number of imidazole rings is 1. The third kappa shape index (κ3) is 5.76. The number of nitrogens with zero attached hydrogens (tertiary/aromatic N) is 2. The van der Waals surface area contributed by atoms with Gasteiger partial charge in [-0.05, 0) is 49.3 Å². The van der Waals surface area contributed by atoms with E-state index < -0.39 is 18.2 Å². The van der Waals surface area contributed by atoms with Gasteiger partial charge in [0.1, 0.15) is 0 Å². The summed E-state index contributed by atoms with van der Waals surface area (Å²) in [6.07, 6.45) is 6.57. The lowest BCUT2D eigenvalue weighted by Gasteiger charge is -2.34. The summed E-state index contributed by atoms with van der Waals surface area (Å²) in [6, 6.07) is 6.50. The first-order chi connectivity index (χ1) is 16.6. The van der Waals surface area contributed by atoms with Crippen LogP contribution in [0, 0.1) is 6.92 Å². The van der Waals surface area contributed by atoms with E-state index in [4.69, 9.17) is 0 Å². The average molecular weight is 482 g/mol. The average Bonchev–Trinajstić information content (AvgIpc) is 3.45. The number of benzene rings is 1. The van der Waals surface area contributed by atoms with E-state index in [0.29, 0.717) is 30.0 Å². The van der Waals surface area contributed by atoms with Crippen LogP contribution < -0.4 is 15.5 Å². The predicted octanol–water partition coefficient (Wildman–Crippen LogP) is 3.26. The van der Waals surface area contributed by atoms with Gasteiger partial charge >= 0.3 is 0 Å². The zero-order chi connectivity index (χ0) is 25.2. The van der Waals surface area contributed by atoms with Gasteiger partial charge in [0.05, 0.1) is 29.9 Å². The summed E-state index contributed by atoms with van der Waals surface area (Å²) in [4.78, 5) is 36.9. The summed E-state index contributed by atoms with van der Waals surface area (Å²) in [5.41, 5.74) is 3.03. The Hall–Kier alpha value is -2.71. The molecule has 2 aromatic rings. The van der Waals surface area contributed by atoms with Crippen LogP contribution in [0.4, 0.5) is 5.69 Å². The van der Waals surface area contributed by atoms with E-state index in [-0.39, 0.29) is 23.3 Å². The van der Waals surface area contributed by atoms with Gasteiger partial charge in [-0.15, -0.1) is 0 Å². The fourth-order valence-corrected chi connectivity index (χ4v) is 5.15. The molecule has 1 saturated heterocycles. The van der Waals surface area contributed by atoms with Crippen molar-refractivity contribution in [1.29, 1.82) is 0 Å². The van der Waals surface area contributed by atoms with E-state index in [2.05, 4.69) is 41.4 Å². The van der Waals surface area contributed by atoms with Crippen LogP contribution in [0.2, 0.25) is 0 Å². The van der Waals surface area contributed by atoms with Gasteiger partial charge in [-0.25, -0.2) is 4.98 Å². The molecule has 1 saturated carbocycles. The molecule has 8 nitrogen and oxygen atoms in total. The summed E-state index contributed by atoms with van der Waals surface area (Å²) in [7, 11) is 0. The van der Waals surface area contributed by atoms with Crippen molar-refractivity contribution in [2.24, 2.45) is 0 Å². The van der Waals surface area contributed by atoms with Crippen LogP contribution in [-0.2, 0) is 15.0 Å². The van der Waals surface area contributed by atoms with Gasteiger partial charge in [0, 0.05) is 18.3 Å². The smallest absolute Gasteiger partial charge is 0.249 e. The largest absolute Gasteiger partial charge is 0.392 e. The van der Waals surface area contributed by atoms with Gasteiger partial charge < -0.3 is 20.7 Å². The minimum absolute atomic E-state index is 0.0395. The van der Waals surface area contributed by atoms with E-state index in [1.54, 1.807) is 11.2 Å². The van der Waals surface area contributed by atoms with Gasteiger partial charge in [-0.2, -0.15) is 0 Å². The summed E-state index contributed by atoms with van der Waals surface area (Å²) in [5.74, 6) is -0.445. The molecule has 2 heterocycles. The molecule has 0 bridgehead atoms. The Kier molecular flexibility index (Phi) is 7.62. The molecule has 4 N–H and O–H groups in total. The molecule has 190 valence electrons. The minimum atomic E-state index is -0.896. The number of rotatable bonds is 6. The van der Waals surface area contributed by atoms with Crippen LogP contribution in [0.1, 0.15) is 82.3 Å². The fourth-order valence-electron chi connectivity index (χ4n) is 5.15. The Morgan fingerprint density at radius 2 is 1.83 bits per heavy atom. The highest BCUT2D eigenvalue weighted by Crippen LogP contribution is 2.33. The van der Waals surface area contributed by atoms with Crippen LogP contribution in [0.25, 0.3) is 0 Å². The van der Waals surface area contributed by atoms with Crippen LogP contribution in [0.3, 0.4) is 0 Å². The monoisotopic (exact) mass is 481 g/mol. The lowest BCUT2D eigenvalue weighted by molar-refractivity contribution is -0.128. The lowest BCUT2D eigenvalue weighted by Crippen LogP contribution is -2.51. The molecule has 2 fully saturated rings. The molecular formula is C27H39N5O3. The molecule has 1 aliphatic heterocycles. The number of carbonyl (C=O) groups excluding carboxylic acids is 2. The molecule has 2 amide bonds. The predicted molar refractivity (Wildman–Crippen MR) is 136 cm³/mol. The number of aliphatic hydroxyl groups excluding tert-OH is 1. The van der Waals surface area contributed by atoms with E-state index in [9.17, 15) is 14.7 Å². The summed E-state index contributed by atoms with van der Waals surface area (Å²) < 4.78 is 0. The van der Waals surface area contributed by atoms with Crippen LogP contribution in [0.5, 0.6) is 0 Å². The molecule has 2 aliphatic rings. The Bertz CT molecular complexity index is 1020. The van der Waals surface area contributed by atoms with Crippen LogP contribution in [0.15, 0.2) is 30.6 Å². The third-order valence-corrected chi connectivity index (χ3v) is 7.25. The van der Waals surface area contributed by atoms with Gasteiger partial charge in [-0.1, -0.05) is 52.2 Å². The number of hydrogen-bond donors (Lipinski definition) is 4. The molecule has 1 unspecified atom stereocenters. The number of H-pyrrole nitrogens is 1. The lowest BCUT2D eigenvalue weighted by atomic mass is 9.87. The highest BCUT2D eigenvalue weighted by atomic mass is 16.3. The second-order valence-corrected chi connectivity index (χ2v) is 11.0. The quantitative estimate of drug-likeness (QED) is 0.506. The normalized spacial score (nSPS) is 22.1. The standard InChI is InChI=1S/C27H39N5O3/c1-17-23(30-16-29-17)24(25(34)31-19-8-6-5-7-9-19)32(26(35)22-14-21(33)15-28-22)20-12-10-18(11-13-20)27(2,3)4/h10-13,16,19,21-22,24,28,33H,5-9,14-15H2,1-4H3,(H,29,30)(H,31,34)/t21-,22-,24?/m1/s1. The van der Waals surface area contributed by atoms with Crippen molar-refractivity contribution in [3.05, 3.63) is 47.5 Å². The number of aryl methyl sites for hydroxylation is 1. The zero-order valence-electron chi connectivity index (χ0n) is 21.3. The first-order valence-corrected chi connectivity index (χ1v) is 12.8. The molecule has 4 rings (SSSR count). The summed E-state index contributed by atoms with van der Waals surface area (Å²) >= 11 is 0. The molecule has 0 radical (unpaired) electrons.